The zero-order valence-corrected chi connectivity index (χ0v) is 14.1. The van der Waals surface area contributed by atoms with Crippen molar-refractivity contribution in [2.75, 3.05) is 26.2 Å². The number of unbranched alkanes of at least 4 members (excludes halogenated alkanes) is 1. The normalized spacial score (nSPS) is 11.9. The zero-order chi connectivity index (χ0) is 12.2. The molecule has 6 heteroatoms. The summed E-state index contributed by atoms with van der Waals surface area (Å²) >= 11 is 0. The van der Waals surface area contributed by atoms with Crippen LogP contribution < -0.4 is 67.1 Å². The number of carbonyl (C=O) groups excluding carboxylic acids is 1. The Morgan fingerprint density at radius 3 is 2.53 bits per heavy atom. The van der Waals surface area contributed by atoms with E-state index in [2.05, 4.69) is 17.6 Å². The van der Waals surface area contributed by atoms with Gasteiger partial charge in [0.05, 0.1) is 6.10 Å². The molecule has 5 nitrogen and oxygen atoms in total. The van der Waals surface area contributed by atoms with E-state index in [4.69, 9.17) is 0 Å². The third kappa shape index (κ3) is 17.0. The average Bonchev–Trinajstić information content (AvgIpc) is 2.24. The van der Waals surface area contributed by atoms with E-state index in [1.807, 2.05) is 0 Å². The molecule has 3 N–H and O–H groups in total. The van der Waals surface area contributed by atoms with Crippen molar-refractivity contribution in [2.24, 2.45) is 0 Å². The van der Waals surface area contributed by atoms with Gasteiger partial charge in [-0.3, -0.25) is 0 Å². The van der Waals surface area contributed by atoms with E-state index in [1.165, 1.54) is 0 Å². The summed E-state index contributed by atoms with van der Waals surface area (Å²) in [5.74, 6) is -1.03. The van der Waals surface area contributed by atoms with Crippen LogP contribution in [0.25, 0.3) is 0 Å². The Balaban J connectivity index is 0. The molecule has 96 valence electrons. The van der Waals surface area contributed by atoms with Gasteiger partial charge in [-0.05, 0) is 12.8 Å². The number of nitrogens with one attached hydrogen (secondary N) is 2. The standard InChI is InChI=1S/C11H24N2O3.K/c1-2-3-4-10(14)9-13-8-7-12-6-5-11(15)16;/h10,12-14H,2-9H2,1H3,(H,15,16);/q;+1/p-1. The fourth-order valence-corrected chi connectivity index (χ4v) is 1.30. The molecule has 0 rings (SSSR count). The summed E-state index contributed by atoms with van der Waals surface area (Å²) in [6, 6.07) is 0. The molecular weight excluding hydrogens is 247 g/mol. The first kappa shape index (κ1) is 20.3. The Morgan fingerprint density at radius 2 is 1.94 bits per heavy atom. The summed E-state index contributed by atoms with van der Waals surface area (Å²) in [5.41, 5.74) is 0. The number of carboxylic acids is 1. The van der Waals surface area contributed by atoms with Crippen molar-refractivity contribution in [1.82, 2.24) is 10.6 Å². The number of hydrogen-bond acceptors (Lipinski definition) is 5. The molecule has 0 heterocycles. The van der Waals surface area contributed by atoms with E-state index in [9.17, 15) is 15.0 Å². The van der Waals surface area contributed by atoms with E-state index in [0.717, 1.165) is 25.8 Å². The third-order valence-electron chi connectivity index (χ3n) is 2.26. The van der Waals surface area contributed by atoms with Crippen LogP contribution in [0.4, 0.5) is 0 Å². The quantitative estimate of drug-likeness (QED) is 0.262. The largest absolute Gasteiger partial charge is 1.00 e. The monoisotopic (exact) mass is 270 g/mol. The van der Waals surface area contributed by atoms with Crippen molar-refractivity contribution in [3.63, 3.8) is 0 Å². The Kier molecular flexibility index (Phi) is 18.0. The molecule has 0 aromatic heterocycles. The maximum absolute atomic E-state index is 10.1. The second-order valence-electron chi connectivity index (χ2n) is 3.87. The molecule has 0 spiro atoms. The van der Waals surface area contributed by atoms with E-state index >= 15 is 0 Å². The second kappa shape index (κ2) is 15.0. The summed E-state index contributed by atoms with van der Waals surface area (Å²) < 4.78 is 0. The number of hydrogen-bond donors (Lipinski definition) is 3. The number of aliphatic hydroxyl groups excluding tert-OH is 1. The van der Waals surface area contributed by atoms with Crippen LogP contribution in [0.15, 0.2) is 0 Å². The van der Waals surface area contributed by atoms with Crippen LogP contribution in [0.2, 0.25) is 0 Å². The number of carboxylic acid groups (broad SMARTS) is 1. The first-order valence-electron chi connectivity index (χ1n) is 5.96. The van der Waals surface area contributed by atoms with Crippen LogP contribution in [0.5, 0.6) is 0 Å². The minimum absolute atomic E-state index is 0. The Hall–Kier alpha value is 0.986. The van der Waals surface area contributed by atoms with Crippen LogP contribution in [0.1, 0.15) is 32.6 Å². The minimum Gasteiger partial charge on any atom is -0.550 e. The van der Waals surface area contributed by atoms with Gasteiger partial charge in [0.15, 0.2) is 0 Å². The summed E-state index contributed by atoms with van der Waals surface area (Å²) in [6.07, 6.45) is 2.75. The number of aliphatic carboxylic acids is 1. The summed E-state index contributed by atoms with van der Waals surface area (Å²) in [5, 5.41) is 25.6. The van der Waals surface area contributed by atoms with Crippen molar-refractivity contribution >= 4 is 5.97 Å². The average molecular weight is 270 g/mol. The van der Waals surface area contributed by atoms with Gasteiger partial charge in [0.1, 0.15) is 0 Å². The van der Waals surface area contributed by atoms with E-state index in [0.29, 0.717) is 19.6 Å². The molecule has 1 atom stereocenters. The molecule has 0 amide bonds. The number of rotatable bonds is 11. The Labute approximate surface area is 146 Å². The molecule has 17 heavy (non-hydrogen) atoms. The predicted molar refractivity (Wildman–Crippen MR) is 60.9 cm³/mol. The molecule has 0 aliphatic rings. The maximum Gasteiger partial charge on any atom is 1.00 e. The molecule has 0 aromatic carbocycles. The van der Waals surface area contributed by atoms with Crippen LogP contribution in [-0.4, -0.2) is 43.4 Å². The fraction of sp³-hybridized carbons (Fsp3) is 0.909. The first-order chi connectivity index (χ1) is 7.66. The summed E-state index contributed by atoms with van der Waals surface area (Å²) in [7, 11) is 0. The van der Waals surface area contributed by atoms with Crippen molar-refractivity contribution in [2.45, 2.75) is 38.7 Å². The van der Waals surface area contributed by atoms with Crippen LogP contribution in [-0.2, 0) is 4.79 Å². The predicted octanol–water partition coefficient (Wildman–Crippen LogP) is -4.14. The summed E-state index contributed by atoms with van der Waals surface area (Å²) in [6.45, 7) is 4.57. The molecule has 0 aliphatic carbocycles. The third-order valence-corrected chi connectivity index (χ3v) is 2.26. The van der Waals surface area contributed by atoms with Crippen molar-refractivity contribution < 1.29 is 66.4 Å². The van der Waals surface area contributed by atoms with Gasteiger partial charge in [-0.1, -0.05) is 19.8 Å². The number of aliphatic hydroxyl groups is 1. The van der Waals surface area contributed by atoms with E-state index in [1.54, 1.807) is 0 Å². The molecule has 1 unspecified atom stereocenters. The Bertz CT molecular complexity index is 182. The Morgan fingerprint density at radius 1 is 1.29 bits per heavy atom. The van der Waals surface area contributed by atoms with Crippen molar-refractivity contribution in [1.29, 1.82) is 0 Å². The van der Waals surface area contributed by atoms with E-state index in [-0.39, 0.29) is 63.9 Å². The second-order valence-corrected chi connectivity index (χ2v) is 3.87. The molecule has 0 aromatic rings. The van der Waals surface area contributed by atoms with Crippen LogP contribution in [0, 0.1) is 0 Å². The molecule has 0 saturated heterocycles. The maximum atomic E-state index is 10.1. The molecule has 0 fully saturated rings. The van der Waals surface area contributed by atoms with Gasteiger partial charge in [-0.15, -0.1) is 0 Å². The molecule has 0 bridgehead atoms. The fourth-order valence-electron chi connectivity index (χ4n) is 1.30. The van der Waals surface area contributed by atoms with Gasteiger partial charge in [0.2, 0.25) is 0 Å². The minimum atomic E-state index is -1.03. The van der Waals surface area contributed by atoms with Gasteiger partial charge >= 0.3 is 51.4 Å². The van der Waals surface area contributed by atoms with Crippen LogP contribution >= 0.6 is 0 Å². The van der Waals surface area contributed by atoms with Gasteiger partial charge in [0.25, 0.3) is 0 Å². The van der Waals surface area contributed by atoms with Crippen molar-refractivity contribution in [3.05, 3.63) is 0 Å². The van der Waals surface area contributed by atoms with Gasteiger partial charge in [-0.2, -0.15) is 0 Å². The molecule has 0 aliphatic heterocycles. The molecule has 0 saturated carbocycles. The molecule has 0 radical (unpaired) electrons. The van der Waals surface area contributed by atoms with Crippen molar-refractivity contribution in [3.8, 4) is 0 Å². The number of carbonyl (C=O) groups is 1. The zero-order valence-electron chi connectivity index (χ0n) is 11.0. The smallest absolute Gasteiger partial charge is 0.550 e. The SMILES string of the molecule is CCCCC(O)CNCCNCCC(=O)[O-].[K+]. The van der Waals surface area contributed by atoms with Gasteiger partial charge < -0.3 is 25.6 Å². The summed E-state index contributed by atoms with van der Waals surface area (Å²) in [4.78, 5) is 10.1. The van der Waals surface area contributed by atoms with Crippen LogP contribution in [0.3, 0.4) is 0 Å². The van der Waals surface area contributed by atoms with Gasteiger partial charge in [0, 0.05) is 32.1 Å². The van der Waals surface area contributed by atoms with E-state index < -0.39 is 5.97 Å². The molecular formula is C11H23KN2O3. The van der Waals surface area contributed by atoms with Gasteiger partial charge in [-0.25, -0.2) is 0 Å². The topological polar surface area (TPSA) is 84.4 Å². The first-order valence-corrected chi connectivity index (χ1v) is 5.96.